The van der Waals surface area contributed by atoms with Gasteiger partial charge in [-0.05, 0) is 37.4 Å². The summed E-state index contributed by atoms with van der Waals surface area (Å²) in [5, 5.41) is 1.69. The average Bonchev–Trinajstić information content (AvgIpc) is 3.02. The molecule has 1 atom stereocenters. The van der Waals surface area contributed by atoms with E-state index < -0.39 is 0 Å². The van der Waals surface area contributed by atoms with E-state index in [0.717, 1.165) is 28.8 Å². The number of ether oxygens (including phenoxy) is 1. The van der Waals surface area contributed by atoms with Crippen molar-refractivity contribution in [3.63, 3.8) is 0 Å². The van der Waals surface area contributed by atoms with Crippen LogP contribution in [0.3, 0.4) is 0 Å². The maximum absolute atomic E-state index is 6.37. The van der Waals surface area contributed by atoms with Gasteiger partial charge in [-0.15, -0.1) is 0 Å². The summed E-state index contributed by atoms with van der Waals surface area (Å²) in [6.45, 7) is 0.846. The van der Waals surface area contributed by atoms with Crippen LogP contribution in [-0.4, -0.2) is 41.6 Å². The predicted octanol–water partition coefficient (Wildman–Crippen LogP) is 3.83. The Labute approximate surface area is 134 Å². The number of rotatable bonds is 4. The van der Waals surface area contributed by atoms with Gasteiger partial charge < -0.3 is 4.74 Å². The summed E-state index contributed by atoms with van der Waals surface area (Å²) >= 11 is 8.39. The number of halogens is 1. The smallest absolute Gasteiger partial charge is 0.134 e. The van der Waals surface area contributed by atoms with Crippen molar-refractivity contribution >= 4 is 34.3 Å². The average molecular weight is 323 g/mol. The summed E-state index contributed by atoms with van der Waals surface area (Å²) < 4.78 is 5.23. The van der Waals surface area contributed by atoms with Gasteiger partial charge in [-0.1, -0.05) is 11.6 Å². The lowest BCUT2D eigenvalue weighted by Gasteiger charge is -2.23. The third kappa shape index (κ3) is 3.28. The van der Waals surface area contributed by atoms with E-state index in [4.69, 9.17) is 16.3 Å². The maximum atomic E-state index is 6.37. The van der Waals surface area contributed by atoms with Gasteiger partial charge in [0.1, 0.15) is 10.9 Å². The molecule has 5 heteroatoms. The molecule has 2 aromatic rings. The van der Waals surface area contributed by atoms with Crippen molar-refractivity contribution in [3.8, 4) is 5.75 Å². The van der Waals surface area contributed by atoms with Crippen LogP contribution in [0.1, 0.15) is 12.0 Å². The molecule has 1 aliphatic rings. The largest absolute Gasteiger partial charge is 0.497 e. The second-order valence-corrected chi connectivity index (χ2v) is 6.94. The third-order valence-electron chi connectivity index (χ3n) is 4.00. The van der Waals surface area contributed by atoms with E-state index in [1.807, 2.05) is 30.0 Å². The summed E-state index contributed by atoms with van der Waals surface area (Å²) in [6, 6.07) is 8.70. The van der Waals surface area contributed by atoms with E-state index in [9.17, 15) is 0 Å². The van der Waals surface area contributed by atoms with E-state index in [1.54, 1.807) is 7.11 Å². The van der Waals surface area contributed by atoms with Crippen LogP contribution in [0.15, 0.2) is 24.3 Å². The SMILES string of the molecule is COc1ccc2cc(CN(C)C3CCSC3)c(Cl)nc2c1. The zero-order chi connectivity index (χ0) is 14.8. The molecule has 2 heterocycles. The van der Waals surface area contributed by atoms with Crippen molar-refractivity contribution in [1.29, 1.82) is 0 Å². The van der Waals surface area contributed by atoms with Crippen molar-refractivity contribution in [1.82, 2.24) is 9.88 Å². The first-order valence-electron chi connectivity index (χ1n) is 7.08. The summed E-state index contributed by atoms with van der Waals surface area (Å²) in [7, 11) is 3.83. The summed E-state index contributed by atoms with van der Waals surface area (Å²) in [6.07, 6.45) is 1.26. The van der Waals surface area contributed by atoms with Gasteiger partial charge in [0.15, 0.2) is 0 Å². The van der Waals surface area contributed by atoms with E-state index in [2.05, 4.69) is 23.0 Å². The number of pyridine rings is 1. The van der Waals surface area contributed by atoms with Gasteiger partial charge in [0, 0.05) is 35.4 Å². The number of aromatic nitrogens is 1. The molecule has 0 aliphatic carbocycles. The Morgan fingerprint density at radius 2 is 2.29 bits per heavy atom. The summed E-state index contributed by atoms with van der Waals surface area (Å²) in [4.78, 5) is 6.90. The molecular weight excluding hydrogens is 304 g/mol. The Morgan fingerprint density at radius 1 is 1.43 bits per heavy atom. The quantitative estimate of drug-likeness (QED) is 0.799. The number of nitrogens with zero attached hydrogens (tertiary/aromatic N) is 2. The van der Waals surface area contributed by atoms with Crippen LogP contribution in [-0.2, 0) is 6.54 Å². The number of methoxy groups -OCH3 is 1. The van der Waals surface area contributed by atoms with Crippen molar-refractivity contribution in [2.75, 3.05) is 25.7 Å². The molecule has 0 bridgehead atoms. The fourth-order valence-corrected chi connectivity index (χ4v) is 4.18. The number of hydrogen-bond donors (Lipinski definition) is 0. The number of hydrogen-bond acceptors (Lipinski definition) is 4. The molecule has 0 radical (unpaired) electrons. The van der Waals surface area contributed by atoms with Gasteiger partial charge in [-0.2, -0.15) is 11.8 Å². The van der Waals surface area contributed by atoms with Crippen LogP contribution in [0.5, 0.6) is 5.75 Å². The molecule has 1 aromatic carbocycles. The zero-order valence-electron chi connectivity index (χ0n) is 12.3. The molecule has 0 spiro atoms. The van der Waals surface area contributed by atoms with Gasteiger partial charge in [0.2, 0.25) is 0 Å². The number of thioether (sulfide) groups is 1. The molecule has 1 unspecified atom stereocenters. The Bertz CT molecular complexity index is 643. The standard InChI is InChI=1S/C16H19ClN2OS/c1-19(13-5-6-21-10-13)9-12-7-11-3-4-14(20-2)8-15(11)18-16(12)17/h3-4,7-8,13H,5-6,9-10H2,1-2H3. The van der Waals surface area contributed by atoms with E-state index in [0.29, 0.717) is 11.2 Å². The van der Waals surface area contributed by atoms with Crippen LogP contribution < -0.4 is 4.74 Å². The topological polar surface area (TPSA) is 25.4 Å². The molecule has 3 rings (SSSR count). The van der Waals surface area contributed by atoms with E-state index >= 15 is 0 Å². The van der Waals surface area contributed by atoms with Crippen LogP contribution >= 0.6 is 23.4 Å². The van der Waals surface area contributed by atoms with Gasteiger partial charge in [-0.3, -0.25) is 4.90 Å². The molecule has 0 amide bonds. The molecule has 1 aliphatic heterocycles. The zero-order valence-corrected chi connectivity index (χ0v) is 13.9. The summed E-state index contributed by atoms with van der Waals surface area (Å²) in [5.74, 6) is 3.28. The number of benzene rings is 1. The minimum Gasteiger partial charge on any atom is -0.497 e. The molecule has 21 heavy (non-hydrogen) atoms. The predicted molar refractivity (Wildman–Crippen MR) is 90.5 cm³/mol. The van der Waals surface area contributed by atoms with Gasteiger partial charge >= 0.3 is 0 Å². The molecule has 0 saturated carbocycles. The number of fused-ring (bicyclic) bond motifs is 1. The van der Waals surface area contributed by atoms with E-state index in [-0.39, 0.29) is 0 Å². The fraction of sp³-hybridized carbons (Fsp3) is 0.438. The van der Waals surface area contributed by atoms with Gasteiger partial charge in [-0.25, -0.2) is 4.98 Å². The van der Waals surface area contributed by atoms with Crippen LogP contribution in [0.2, 0.25) is 5.15 Å². The van der Waals surface area contributed by atoms with E-state index in [1.165, 1.54) is 17.9 Å². The first-order chi connectivity index (χ1) is 10.2. The van der Waals surface area contributed by atoms with Crippen LogP contribution in [0.25, 0.3) is 10.9 Å². The third-order valence-corrected chi connectivity index (χ3v) is 5.47. The van der Waals surface area contributed by atoms with Crippen molar-refractivity contribution in [3.05, 3.63) is 35.0 Å². The lowest BCUT2D eigenvalue weighted by Crippen LogP contribution is -2.31. The normalized spacial score (nSPS) is 18.6. The maximum Gasteiger partial charge on any atom is 0.134 e. The molecule has 112 valence electrons. The Kier molecular flexibility index (Phi) is 4.57. The highest BCUT2D eigenvalue weighted by Crippen LogP contribution is 2.27. The van der Waals surface area contributed by atoms with Crippen molar-refractivity contribution in [2.45, 2.75) is 19.0 Å². The Morgan fingerprint density at radius 3 is 3.00 bits per heavy atom. The minimum atomic E-state index is 0.591. The molecule has 0 N–H and O–H groups in total. The second kappa shape index (κ2) is 6.42. The molecule has 1 saturated heterocycles. The molecule has 1 aromatic heterocycles. The van der Waals surface area contributed by atoms with Crippen LogP contribution in [0.4, 0.5) is 0 Å². The highest BCUT2D eigenvalue weighted by molar-refractivity contribution is 7.99. The monoisotopic (exact) mass is 322 g/mol. The van der Waals surface area contributed by atoms with Crippen molar-refractivity contribution < 1.29 is 4.74 Å². The van der Waals surface area contributed by atoms with Crippen molar-refractivity contribution in [2.24, 2.45) is 0 Å². The van der Waals surface area contributed by atoms with Gasteiger partial charge in [0.05, 0.1) is 12.6 Å². The first kappa shape index (κ1) is 14.9. The molecule has 1 fully saturated rings. The summed E-state index contributed by atoms with van der Waals surface area (Å²) in [5.41, 5.74) is 1.97. The first-order valence-corrected chi connectivity index (χ1v) is 8.62. The van der Waals surface area contributed by atoms with Gasteiger partial charge in [0.25, 0.3) is 0 Å². The highest BCUT2D eigenvalue weighted by atomic mass is 35.5. The lowest BCUT2D eigenvalue weighted by atomic mass is 10.1. The minimum absolute atomic E-state index is 0.591. The fourth-order valence-electron chi connectivity index (χ4n) is 2.67. The lowest BCUT2D eigenvalue weighted by molar-refractivity contribution is 0.254. The van der Waals surface area contributed by atoms with Crippen LogP contribution in [0, 0.1) is 0 Å². The Hall–Kier alpha value is -0.970. The Balaban J connectivity index is 1.86. The molecule has 3 nitrogen and oxygen atoms in total. The molecular formula is C16H19ClN2OS. The highest BCUT2D eigenvalue weighted by Gasteiger charge is 2.21. The second-order valence-electron chi connectivity index (χ2n) is 5.43.